The average molecular weight is 320 g/mol. The number of hydrogen-bond donors (Lipinski definition) is 0. The van der Waals surface area contributed by atoms with Crippen molar-refractivity contribution in [2.24, 2.45) is 0 Å². The number of hydrogen-bond acceptors (Lipinski definition) is 3. The van der Waals surface area contributed by atoms with Crippen LogP contribution >= 0.6 is 12.2 Å². The lowest BCUT2D eigenvalue weighted by Gasteiger charge is -2.14. The van der Waals surface area contributed by atoms with Gasteiger partial charge in [0.1, 0.15) is 5.69 Å². The van der Waals surface area contributed by atoms with Crippen molar-refractivity contribution in [1.29, 1.82) is 0 Å². The molecule has 23 heavy (non-hydrogen) atoms. The molecule has 2 heterocycles. The molecule has 0 saturated carbocycles. The average Bonchev–Trinajstić information content (AvgIpc) is 2.81. The number of fused-ring (bicyclic) bond motifs is 2. The van der Waals surface area contributed by atoms with E-state index in [9.17, 15) is 9.59 Å². The third-order valence-electron chi connectivity index (χ3n) is 4.00. The predicted octanol–water partition coefficient (Wildman–Crippen LogP) is 2.79. The zero-order valence-electron chi connectivity index (χ0n) is 12.1. The van der Waals surface area contributed by atoms with E-state index in [4.69, 9.17) is 12.2 Å². The zero-order valence-corrected chi connectivity index (χ0v) is 12.9. The van der Waals surface area contributed by atoms with Crippen molar-refractivity contribution in [2.75, 3.05) is 0 Å². The second-order valence-electron chi connectivity index (χ2n) is 5.42. The van der Waals surface area contributed by atoms with Crippen molar-refractivity contribution in [3.63, 3.8) is 0 Å². The fourth-order valence-electron chi connectivity index (χ4n) is 2.86. The topological polar surface area (TPSA) is 42.3 Å². The highest BCUT2D eigenvalue weighted by Gasteiger charge is 2.34. The van der Waals surface area contributed by atoms with Gasteiger partial charge in [0.25, 0.3) is 11.5 Å². The molecule has 0 unspecified atom stereocenters. The fourth-order valence-corrected chi connectivity index (χ4v) is 3.19. The number of aromatic nitrogens is 1. The summed E-state index contributed by atoms with van der Waals surface area (Å²) in [6.07, 6.45) is 0. The van der Waals surface area contributed by atoms with E-state index in [1.165, 1.54) is 9.47 Å². The number of thiocarbonyl (C=S) groups is 1. The van der Waals surface area contributed by atoms with Crippen molar-refractivity contribution in [2.45, 2.75) is 6.54 Å². The molecular formula is C18H12N2O2S. The monoisotopic (exact) mass is 320 g/mol. The van der Waals surface area contributed by atoms with Gasteiger partial charge in [0.15, 0.2) is 5.11 Å². The number of nitrogens with zero attached hydrogens (tertiary/aromatic N) is 2. The number of pyridine rings is 1. The maximum Gasteiger partial charge on any atom is 0.277 e. The van der Waals surface area contributed by atoms with Gasteiger partial charge in [-0.1, -0.05) is 48.5 Å². The van der Waals surface area contributed by atoms with E-state index in [1.807, 2.05) is 42.5 Å². The minimum absolute atomic E-state index is 0.235. The van der Waals surface area contributed by atoms with E-state index in [0.717, 1.165) is 10.9 Å². The molecule has 4 nitrogen and oxygen atoms in total. The standard InChI is InChI=1S/C18H12N2O2S/c21-16-14-9-5-4-8-13(14)10-15-17(22)19(18(23)20(15)16)11-12-6-2-1-3-7-12/h1-10H,11H2. The maximum atomic E-state index is 12.7. The van der Waals surface area contributed by atoms with Crippen molar-refractivity contribution in [3.8, 4) is 0 Å². The molecule has 1 aliphatic rings. The SMILES string of the molecule is O=C1c2cc3ccccc3c(=O)n2C(=S)N1Cc1ccccc1. The third kappa shape index (κ3) is 2.09. The van der Waals surface area contributed by atoms with Gasteiger partial charge in [-0.15, -0.1) is 0 Å². The van der Waals surface area contributed by atoms with Crippen molar-refractivity contribution < 1.29 is 4.79 Å². The van der Waals surface area contributed by atoms with Crippen LogP contribution in [-0.4, -0.2) is 20.5 Å². The van der Waals surface area contributed by atoms with Crippen LogP contribution in [0.4, 0.5) is 0 Å². The van der Waals surface area contributed by atoms with Crippen LogP contribution in [0.25, 0.3) is 10.8 Å². The molecule has 112 valence electrons. The number of rotatable bonds is 2. The molecule has 0 N–H and O–H groups in total. The number of benzene rings is 2. The van der Waals surface area contributed by atoms with Gasteiger partial charge in [0.05, 0.1) is 6.54 Å². The molecule has 0 radical (unpaired) electrons. The molecule has 0 aliphatic carbocycles. The number of carbonyl (C=O) groups excluding carboxylic acids is 1. The van der Waals surface area contributed by atoms with Crippen LogP contribution in [0.3, 0.4) is 0 Å². The highest BCUT2D eigenvalue weighted by Crippen LogP contribution is 2.21. The van der Waals surface area contributed by atoms with Gasteiger partial charge >= 0.3 is 0 Å². The minimum Gasteiger partial charge on any atom is -0.279 e. The lowest BCUT2D eigenvalue weighted by molar-refractivity contribution is 0.0855. The Morgan fingerprint density at radius 2 is 1.61 bits per heavy atom. The van der Waals surface area contributed by atoms with Crippen molar-refractivity contribution in [3.05, 3.63) is 82.3 Å². The molecule has 5 heteroatoms. The van der Waals surface area contributed by atoms with Crippen LogP contribution in [0.2, 0.25) is 0 Å². The fraction of sp³-hybridized carbons (Fsp3) is 0.0556. The minimum atomic E-state index is -0.244. The first-order valence-corrected chi connectivity index (χ1v) is 7.62. The van der Waals surface area contributed by atoms with E-state index in [1.54, 1.807) is 18.2 Å². The Kier molecular flexibility index (Phi) is 3.09. The second-order valence-corrected chi connectivity index (χ2v) is 5.78. The van der Waals surface area contributed by atoms with Crippen LogP contribution < -0.4 is 5.56 Å². The van der Waals surface area contributed by atoms with E-state index >= 15 is 0 Å². The van der Waals surface area contributed by atoms with Gasteiger partial charge < -0.3 is 0 Å². The lowest BCUT2D eigenvalue weighted by atomic mass is 10.1. The van der Waals surface area contributed by atoms with Crippen LogP contribution in [0, 0.1) is 0 Å². The first-order valence-electron chi connectivity index (χ1n) is 7.22. The normalized spacial score (nSPS) is 13.7. The molecule has 0 spiro atoms. The zero-order chi connectivity index (χ0) is 16.0. The summed E-state index contributed by atoms with van der Waals surface area (Å²) in [6.45, 7) is 0.357. The first-order chi connectivity index (χ1) is 11.2. The van der Waals surface area contributed by atoms with E-state index in [-0.39, 0.29) is 16.6 Å². The quantitative estimate of drug-likeness (QED) is 0.682. The van der Waals surface area contributed by atoms with Gasteiger partial charge in [-0.2, -0.15) is 0 Å². The summed E-state index contributed by atoms with van der Waals surface area (Å²) < 4.78 is 1.34. The smallest absolute Gasteiger partial charge is 0.277 e. The van der Waals surface area contributed by atoms with Gasteiger partial charge in [-0.3, -0.25) is 14.5 Å². The Balaban J connectivity index is 1.85. The Morgan fingerprint density at radius 3 is 2.39 bits per heavy atom. The first kappa shape index (κ1) is 13.8. The van der Waals surface area contributed by atoms with Crippen LogP contribution in [0.1, 0.15) is 16.1 Å². The van der Waals surface area contributed by atoms with Crippen LogP contribution in [0.15, 0.2) is 65.5 Å². The summed E-state index contributed by atoms with van der Waals surface area (Å²) in [4.78, 5) is 26.8. The van der Waals surface area contributed by atoms with Crippen molar-refractivity contribution in [1.82, 2.24) is 9.47 Å². The Labute approximate surface area is 137 Å². The molecular weight excluding hydrogens is 308 g/mol. The molecule has 4 rings (SSSR count). The highest BCUT2D eigenvalue weighted by molar-refractivity contribution is 7.80. The lowest BCUT2D eigenvalue weighted by Crippen LogP contribution is -2.33. The Morgan fingerprint density at radius 1 is 0.913 bits per heavy atom. The van der Waals surface area contributed by atoms with E-state index < -0.39 is 0 Å². The summed E-state index contributed by atoms with van der Waals surface area (Å²) in [6, 6.07) is 18.5. The molecule has 1 aromatic heterocycles. The van der Waals surface area contributed by atoms with Gasteiger partial charge in [-0.05, 0) is 35.3 Å². The molecule has 2 aromatic carbocycles. The summed E-state index contributed by atoms with van der Waals surface area (Å²) in [5.74, 6) is -0.235. The summed E-state index contributed by atoms with van der Waals surface area (Å²) >= 11 is 5.39. The van der Waals surface area contributed by atoms with Gasteiger partial charge in [0, 0.05) is 5.39 Å². The Hall–Kier alpha value is -2.79. The summed E-state index contributed by atoms with van der Waals surface area (Å²) in [5.41, 5.74) is 1.05. The van der Waals surface area contributed by atoms with Crippen molar-refractivity contribution >= 4 is 34.0 Å². The van der Waals surface area contributed by atoms with Gasteiger partial charge in [0.2, 0.25) is 0 Å². The maximum absolute atomic E-state index is 12.7. The molecule has 1 aliphatic heterocycles. The molecule has 0 bridgehead atoms. The third-order valence-corrected chi connectivity index (χ3v) is 4.40. The van der Waals surface area contributed by atoms with E-state index in [0.29, 0.717) is 17.6 Å². The Bertz CT molecular complexity index is 1010. The largest absolute Gasteiger partial charge is 0.279 e. The number of carbonyl (C=O) groups is 1. The van der Waals surface area contributed by atoms with Crippen LogP contribution in [-0.2, 0) is 6.54 Å². The predicted molar refractivity (Wildman–Crippen MR) is 92.5 cm³/mol. The molecule has 3 aromatic rings. The summed E-state index contributed by atoms with van der Waals surface area (Å²) in [5, 5.41) is 1.55. The molecule has 1 amide bonds. The number of amides is 1. The second kappa shape index (κ2) is 5.14. The van der Waals surface area contributed by atoms with Gasteiger partial charge in [-0.25, -0.2) is 4.57 Å². The molecule has 0 saturated heterocycles. The molecule has 0 atom stereocenters. The van der Waals surface area contributed by atoms with E-state index in [2.05, 4.69) is 0 Å². The molecule has 0 fully saturated rings. The van der Waals surface area contributed by atoms with Crippen LogP contribution in [0.5, 0.6) is 0 Å². The highest BCUT2D eigenvalue weighted by atomic mass is 32.1. The summed E-state index contributed by atoms with van der Waals surface area (Å²) in [7, 11) is 0.